The molecule has 76 valence electrons. The Morgan fingerprint density at radius 3 is 2.21 bits per heavy atom. The van der Waals surface area contributed by atoms with Crippen molar-refractivity contribution in [1.29, 1.82) is 0 Å². The molecule has 3 heteroatoms. The van der Waals surface area contributed by atoms with E-state index in [1.165, 1.54) is 0 Å². The predicted molar refractivity (Wildman–Crippen MR) is 51.4 cm³/mol. The highest BCUT2D eigenvalue weighted by Gasteiger charge is 2.61. The van der Waals surface area contributed by atoms with E-state index in [0.29, 0.717) is 12.8 Å². The van der Waals surface area contributed by atoms with E-state index in [-0.39, 0.29) is 0 Å². The number of halogens is 2. The molecule has 0 heterocycles. The molecule has 0 aromatic heterocycles. The van der Waals surface area contributed by atoms with Gasteiger partial charge >= 0.3 is 0 Å². The van der Waals surface area contributed by atoms with E-state index >= 15 is 0 Å². The lowest BCUT2D eigenvalue weighted by Crippen LogP contribution is -2.40. The molecule has 2 rings (SSSR count). The number of hydrogen-bond acceptors (Lipinski definition) is 1. The molecular weight excluding hydrogens is 184 g/mol. The third-order valence-electron chi connectivity index (χ3n) is 3.03. The fraction of sp³-hybridized carbons (Fsp3) is 0.455. The van der Waals surface area contributed by atoms with Crippen LogP contribution in [0, 0.1) is 0 Å². The van der Waals surface area contributed by atoms with Gasteiger partial charge in [-0.1, -0.05) is 30.3 Å². The normalized spacial score (nSPS) is 19.4. The Bertz CT molecular complexity index is 317. The van der Waals surface area contributed by atoms with Crippen molar-refractivity contribution in [3.8, 4) is 0 Å². The zero-order valence-electron chi connectivity index (χ0n) is 7.84. The lowest BCUT2D eigenvalue weighted by atomic mass is 9.89. The summed E-state index contributed by atoms with van der Waals surface area (Å²) in [4.78, 5) is 0. The second-order valence-electron chi connectivity index (χ2n) is 3.86. The Morgan fingerprint density at radius 1 is 1.21 bits per heavy atom. The van der Waals surface area contributed by atoms with Crippen LogP contribution in [-0.4, -0.2) is 12.5 Å². The highest BCUT2D eigenvalue weighted by molar-refractivity contribution is 5.34. The second kappa shape index (κ2) is 3.02. The summed E-state index contributed by atoms with van der Waals surface area (Å²) in [5.41, 5.74) is 4.87. The van der Waals surface area contributed by atoms with Crippen molar-refractivity contribution in [3.05, 3.63) is 35.9 Å². The van der Waals surface area contributed by atoms with Crippen LogP contribution < -0.4 is 5.73 Å². The van der Waals surface area contributed by atoms with Gasteiger partial charge in [-0.3, -0.25) is 0 Å². The molecule has 1 aromatic carbocycles. The molecule has 0 amide bonds. The first-order chi connectivity index (χ1) is 6.62. The van der Waals surface area contributed by atoms with E-state index in [0.717, 1.165) is 5.56 Å². The molecule has 14 heavy (non-hydrogen) atoms. The summed E-state index contributed by atoms with van der Waals surface area (Å²) in [5, 5.41) is 0. The van der Waals surface area contributed by atoms with E-state index in [4.69, 9.17) is 5.73 Å². The first-order valence-electron chi connectivity index (χ1n) is 4.76. The number of hydrogen-bond donors (Lipinski definition) is 1. The molecular formula is C11H13F2N. The Balaban J connectivity index is 2.35. The fourth-order valence-corrected chi connectivity index (χ4v) is 1.94. The van der Waals surface area contributed by atoms with Crippen LogP contribution in [0.1, 0.15) is 18.4 Å². The van der Waals surface area contributed by atoms with E-state index in [1.54, 1.807) is 24.3 Å². The van der Waals surface area contributed by atoms with Crippen LogP contribution in [0.4, 0.5) is 8.78 Å². The first kappa shape index (κ1) is 9.59. The van der Waals surface area contributed by atoms with Crippen LogP contribution in [0.25, 0.3) is 0 Å². The highest BCUT2D eigenvalue weighted by atomic mass is 19.3. The molecule has 1 nitrogen and oxygen atoms in total. The third-order valence-corrected chi connectivity index (χ3v) is 3.03. The molecule has 0 aliphatic heterocycles. The molecule has 0 unspecified atom stereocenters. The van der Waals surface area contributed by atoms with Gasteiger partial charge in [0.1, 0.15) is 0 Å². The number of benzene rings is 1. The third kappa shape index (κ3) is 1.23. The van der Waals surface area contributed by atoms with Gasteiger partial charge in [0.25, 0.3) is 5.92 Å². The summed E-state index contributed by atoms with van der Waals surface area (Å²) in [6, 6.07) is 8.94. The van der Waals surface area contributed by atoms with Crippen LogP contribution in [0.2, 0.25) is 0 Å². The molecule has 2 N–H and O–H groups in total. The summed E-state index contributed by atoms with van der Waals surface area (Å²) >= 11 is 0. The molecule has 0 spiro atoms. The van der Waals surface area contributed by atoms with Crippen molar-refractivity contribution in [2.75, 3.05) is 6.54 Å². The molecule has 1 aromatic rings. The van der Waals surface area contributed by atoms with E-state index < -0.39 is 17.9 Å². The van der Waals surface area contributed by atoms with E-state index in [2.05, 4.69) is 0 Å². The molecule has 1 aliphatic rings. The minimum Gasteiger partial charge on any atom is -0.325 e. The fourth-order valence-electron chi connectivity index (χ4n) is 1.94. The Hall–Kier alpha value is -0.960. The molecule has 0 saturated heterocycles. The summed E-state index contributed by atoms with van der Waals surface area (Å²) < 4.78 is 27.1. The van der Waals surface area contributed by atoms with Gasteiger partial charge in [0, 0.05) is 0 Å². The van der Waals surface area contributed by atoms with Crippen LogP contribution in [0.3, 0.4) is 0 Å². The highest BCUT2D eigenvalue weighted by Crippen LogP contribution is 2.57. The van der Waals surface area contributed by atoms with Crippen LogP contribution >= 0.6 is 0 Å². The van der Waals surface area contributed by atoms with Gasteiger partial charge in [0.05, 0.1) is 12.0 Å². The van der Waals surface area contributed by atoms with Gasteiger partial charge in [-0.15, -0.1) is 0 Å². The second-order valence-corrected chi connectivity index (χ2v) is 3.86. The summed E-state index contributed by atoms with van der Waals surface area (Å²) in [6.07, 6.45) is 1.09. The summed E-state index contributed by atoms with van der Waals surface area (Å²) in [7, 11) is 0. The number of rotatable bonds is 3. The van der Waals surface area contributed by atoms with Crippen LogP contribution in [0.5, 0.6) is 0 Å². The van der Waals surface area contributed by atoms with Crippen molar-refractivity contribution in [2.24, 2.45) is 5.73 Å². The molecule has 1 fully saturated rings. The maximum atomic E-state index is 13.6. The molecule has 1 saturated carbocycles. The first-order valence-corrected chi connectivity index (χ1v) is 4.76. The minimum absolute atomic E-state index is 0.543. The van der Waals surface area contributed by atoms with Crippen molar-refractivity contribution < 1.29 is 8.78 Å². The minimum atomic E-state index is -2.77. The van der Waals surface area contributed by atoms with Gasteiger partial charge < -0.3 is 5.73 Å². The monoisotopic (exact) mass is 197 g/mol. The lowest BCUT2D eigenvalue weighted by Gasteiger charge is -2.25. The average Bonchev–Trinajstić information content (AvgIpc) is 3.00. The zero-order valence-corrected chi connectivity index (χ0v) is 7.84. The molecule has 1 aliphatic carbocycles. The summed E-state index contributed by atoms with van der Waals surface area (Å²) in [5.74, 6) is -2.77. The van der Waals surface area contributed by atoms with Gasteiger partial charge in [0.2, 0.25) is 0 Å². The Labute approximate surface area is 81.9 Å². The topological polar surface area (TPSA) is 26.0 Å². The number of alkyl halides is 2. The van der Waals surface area contributed by atoms with Crippen molar-refractivity contribution in [1.82, 2.24) is 0 Å². The smallest absolute Gasteiger partial charge is 0.269 e. The van der Waals surface area contributed by atoms with Crippen molar-refractivity contribution in [2.45, 2.75) is 24.2 Å². The standard InChI is InChI=1S/C11H13F2N/c12-11(13,8-14)10(6-7-10)9-4-2-1-3-5-9/h1-5H,6-8,14H2. The van der Waals surface area contributed by atoms with E-state index in [1.807, 2.05) is 6.07 Å². The summed E-state index contributed by atoms with van der Waals surface area (Å²) in [6.45, 7) is -0.568. The maximum absolute atomic E-state index is 13.6. The largest absolute Gasteiger partial charge is 0.325 e. The Kier molecular flexibility index (Phi) is 2.07. The maximum Gasteiger partial charge on any atom is 0.269 e. The SMILES string of the molecule is NCC(F)(F)C1(c2ccccc2)CC1. The predicted octanol–water partition coefficient (Wildman–Crippen LogP) is 2.31. The van der Waals surface area contributed by atoms with Gasteiger partial charge in [-0.2, -0.15) is 0 Å². The van der Waals surface area contributed by atoms with Gasteiger partial charge in [-0.25, -0.2) is 8.78 Å². The molecule has 0 radical (unpaired) electrons. The van der Waals surface area contributed by atoms with Crippen LogP contribution in [-0.2, 0) is 5.41 Å². The lowest BCUT2D eigenvalue weighted by molar-refractivity contribution is -0.0300. The quantitative estimate of drug-likeness (QED) is 0.790. The van der Waals surface area contributed by atoms with Crippen LogP contribution in [0.15, 0.2) is 30.3 Å². The average molecular weight is 197 g/mol. The molecule has 0 atom stereocenters. The number of nitrogens with two attached hydrogens (primary N) is 1. The molecule has 0 bridgehead atoms. The van der Waals surface area contributed by atoms with Gasteiger partial charge in [-0.05, 0) is 18.4 Å². The van der Waals surface area contributed by atoms with Crippen molar-refractivity contribution >= 4 is 0 Å². The van der Waals surface area contributed by atoms with Gasteiger partial charge in [0.15, 0.2) is 0 Å². The van der Waals surface area contributed by atoms with E-state index in [9.17, 15) is 8.78 Å². The Morgan fingerprint density at radius 2 is 1.79 bits per heavy atom. The zero-order chi connectivity index (χ0) is 10.2. The van der Waals surface area contributed by atoms with Crippen molar-refractivity contribution in [3.63, 3.8) is 0 Å².